The maximum Gasteiger partial charge on any atom is 0.270 e. The number of benzene rings is 2. The third-order valence-electron chi connectivity index (χ3n) is 4.53. The van der Waals surface area contributed by atoms with Crippen molar-refractivity contribution in [2.75, 3.05) is 33.3 Å². The van der Waals surface area contributed by atoms with E-state index in [2.05, 4.69) is 0 Å². The quantitative estimate of drug-likeness (QED) is 0.554. The van der Waals surface area contributed by atoms with E-state index >= 15 is 0 Å². The minimum Gasteiger partial charge on any atom is -0.497 e. The first-order valence-electron chi connectivity index (χ1n) is 8.51. The normalized spacial score (nSPS) is 15.2. The van der Waals surface area contributed by atoms with Crippen molar-refractivity contribution in [3.63, 3.8) is 0 Å². The highest BCUT2D eigenvalue weighted by molar-refractivity contribution is 7.89. The van der Waals surface area contributed by atoms with Gasteiger partial charge in [0, 0.05) is 43.9 Å². The summed E-state index contributed by atoms with van der Waals surface area (Å²) < 4.78 is 31.8. The van der Waals surface area contributed by atoms with Crippen LogP contribution in [0.4, 0.5) is 5.69 Å². The lowest BCUT2D eigenvalue weighted by atomic mass is 10.2. The van der Waals surface area contributed by atoms with Gasteiger partial charge in [-0.2, -0.15) is 4.31 Å². The van der Waals surface area contributed by atoms with E-state index in [1.54, 1.807) is 29.2 Å². The fraction of sp³-hybridized carbons (Fsp3) is 0.278. The second kappa shape index (κ2) is 7.95. The number of piperazine rings is 1. The van der Waals surface area contributed by atoms with Gasteiger partial charge in [0.15, 0.2) is 0 Å². The van der Waals surface area contributed by atoms with Gasteiger partial charge in [0.05, 0.1) is 16.9 Å². The standard InChI is InChI=1S/C18H19N3O6S/c1-27-16-7-5-14(6-8-16)18(22)19-9-11-20(12-10-19)28(25,26)17-4-2-3-15(13-17)21(23)24/h2-8,13H,9-12H2,1H3. The van der Waals surface area contributed by atoms with Crippen molar-refractivity contribution in [3.05, 3.63) is 64.2 Å². The van der Waals surface area contributed by atoms with Crippen molar-refractivity contribution in [3.8, 4) is 5.75 Å². The van der Waals surface area contributed by atoms with E-state index in [-0.39, 0.29) is 42.7 Å². The summed E-state index contributed by atoms with van der Waals surface area (Å²) in [7, 11) is -2.33. The molecule has 0 atom stereocenters. The number of amides is 1. The van der Waals surface area contributed by atoms with Crippen LogP contribution < -0.4 is 4.74 Å². The molecule has 0 unspecified atom stereocenters. The third-order valence-corrected chi connectivity index (χ3v) is 6.42. The number of nitrogens with zero attached hydrogens (tertiary/aromatic N) is 3. The van der Waals surface area contributed by atoms with Gasteiger partial charge >= 0.3 is 0 Å². The molecule has 1 heterocycles. The van der Waals surface area contributed by atoms with Crippen LogP contribution in [-0.4, -0.2) is 61.7 Å². The van der Waals surface area contributed by atoms with Crippen LogP contribution in [0.25, 0.3) is 0 Å². The van der Waals surface area contributed by atoms with Crippen LogP contribution in [0.3, 0.4) is 0 Å². The van der Waals surface area contributed by atoms with Crippen LogP contribution in [-0.2, 0) is 10.0 Å². The largest absolute Gasteiger partial charge is 0.497 e. The molecule has 1 aliphatic heterocycles. The smallest absolute Gasteiger partial charge is 0.270 e. The SMILES string of the molecule is COc1ccc(C(=O)N2CCN(S(=O)(=O)c3cccc([N+](=O)[O-])c3)CC2)cc1. The first kappa shape index (κ1) is 19.8. The molecule has 0 N–H and O–H groups in total. The van der Waals surface area contributed by atoms with Crippen molar-refractivity contribution in [2.24, 2.45) is 0 Å². The van der Waals surface area contributed by atoms with Gasteiger partial charge in [-0.1, -0.05) is 6.07 Å². The summed E-state index contributed by atoms with van der Waals surface area (Å²) in [6.07, 6.45) is 0. The summed E-state index contributed by atoms with van der Waals surface area (Å²) in [6.45, 7) is 0.706. The topological polar surface area (TPSA) is 110 Å². The Morgan fingerprint density at radius 3 is 2.29 bits per heavy atom. The Morgan fingerprint density at radius 1 is 1.07 bits per heavy atom. The molecular weight excluding hydrogens is 386 g/mol. The van der Waals surface area contributed by atoms with Crippen molar-refractivity contribution in [1.29, 1.82) is 0 Å². The molecule has 2 aromatic carbocycles. The first-order chi connectivity index (χ1) is 13.3. The summed E-state index contributed by atoms with van der Waals surface area (Å²) in [5.74, 6) is 0.458. The van der Waals surface area contributed by atoms with Gasteiger partial charge in [0.2, 0.25) is 10.0 Å². The zero-order chi connectivity index (χ0) is 20.3. The first-order valence-corrected chi connectivity index (χ1v) is 9.95. The third kappa shape index (κ3) is 3.97. The van der Waals surface area contributed by atoms with Crippen molar-refractivity contribution < 1.29 is 22.9 Å². The summed E-state index contributed by atoms with van der Waals surface area (Å²) >= 11 is 0. The number of non-ortho nitro benzene ring substituents is 1. The molecular formula is C18H19N3O6S. The van der Waals surface area contributed by atoms with Crippen molar-refractivity contribution in [2.45, 2.75) is 4.90 Å². The molecule has 10 heteroatoms. The molecule has 148 valence electrons. The lowest BCUT2D eigenvalue weighted by Crippen LogP contribution is -2.50. The maximum absolute atomic E-state index is 12.8. The monoisotopic (exact) mass is 405 g/mol. The zero-order valence-electron chi connectivity index (χ0n) is 15.1. The Balaban J connectivity index is 1.69. The average molecular weight is 405 g/mol. The molecule has 1 amide bonds. The van der Waals surface area contributed by atoms with Gasteiger partial charge in [0.1, 0.15) is 5.75 Å². The van der Waals surface area contributed by atoms with Gasteiger partial charge in [-0.15, -0.1) is 0 Å². The van der Waals surface area contributed by atoms with E-state index < -0.39 is 14.9 Å². The Bertz CT molecular complexity index is 983. The minimum absolute atomic E-state index is 0.118. The number of ether oxygens (including phenoxy) is 1. The number of hydrogen-bond donors (Lipinski definition) is 0. The lowest BCUT2D eigenvalue weighted by Gasteiger charge is -2.34. The number of nitro groups is 1. The number of sulfonamides is 1. The number of rotatable bonds is 5. The van der Waals surface area contributed by atoms with Crippen molar-refractivity contribution in [1.82, 2.24) is 9.21 Å². The van der Waals surface area contributed by atoms with Crippen LogP contribution in [0.5, 0.6) is 5.75 Å². The van der Waals surface area contributed by atoms with E-state index in [1.165, 1.54) is 29.6 Å². The number of carbonyl (C=O) groups is 1. The Morgan fingerprint density at radius 2 is 1.71 bits per heavy atom. The van der Waals surface area contributed by atoms with Gasteiger partial charge in [-0.25, -0.2) is 8.42 Å². The molecule has 1 aliphatic rings. The van der Waals surface area contributed by atoms with Crippen molar-refractivity contribution >= 4 is 21.6 Å². The molecule has 1 saturated heterocycles. The molecule has 2 aromatic rings. The van der Waals surface area contributed by atoms with E-state index in [1.807, 2.05) is 0 Å². The highest BCUT2D eigenvalue weighted by Gasteiger charge is 2.31. The fourth-order valence-corrected chi connectivity index (χ4v) is 4.42. The number of methoxy groups -OCH3 is 1. The predicted molar refractivity (Wildman–Crippen MR) is 101 cm³/mol. The average Bonchev–Trinajstić information content (AvgIpc) is 2.73. The maximum atomic E-state index is 12.8. The highest BCUT2D eigenvalue weighted by Crippen LogP contribution is 2.22. The number of carbonyl (C=O) groups excluding carboxylic acids is 1. The van der Waals surface area contributed by atoms with E-state index in [9.17, 15) is 23.3 Å². The molecule has 0 radical (unpaired) electrons. The zero-order valence-corrected chi connectivity index (χ0v) is 16.0. The summed E-state index contributed by atoms with van der Waals surface area (Å²) in [5.41, 5.74) is 0.213. The van der Waals surface area contributed by atoms with Gasteiger partial charge in [-0.3, -0.25) is 14.9 Å². The second-order valence-electron chi connectivity index (χ2n) is 6.18. The van der Waals surface area contributed by atoms with Gasteiger partial charge < -0.3 is 9.64 Å². The molecule has 1 fully saturated rings. The Kier molecular flexibility index (Phi) is 5.61. The number of nitro benzene ring substituents is 1. The molecule has 0 aliphatic carbocycles. The van der Waals surface area contributed by atoms with Crippen LogP contribution in [0.2, 0.25) is 0 Å². The van der Waals surface area contributed by atoms with Crippen LogP contribution in [0.1, 0.15) is 10.4 Å². The molecule has 9 nitrogen and oxygen atoms in total. The summed E-state index contributed by atoms with van der Waals surface area (Å²) in [6, 6.07) is 11.7. The lowest BCUT2D eigenvalue weighted by molar-refractivity contribution is -0.385. The molecule has 0 saturated carbocycles. The summed E-state index contributed by atoms with van der Waals surface area (Å²) in [4.78, 5) is 24.3. The van der Waals surface area contributed by atoms with Crippen LogP contribution in [0, 0.1) is 10.1 Å². The number of hydrogen-bond acceptors (Lipinski definition) is 6. The second-order valence-corrected chi connectivity index (χ2v) is 8.12. The fourth-order valence-electron chi connectivity index (χ4n) is 2.95. The predicted octanol–water partition coefficient (Wildman–Crippen LogP) is 1.75. The molecule has 0 aromatic heterocycles. The molecule has 0 spiro atoms. The Hall–Kier alpha value is -2.98. The van der Waals surface area contributed by atoms with Crippen LogP contribution in [0.15, 0.2) is 53.4 Å². The van der Waals surface area contributed by atoms with E-state index in [0.717, 1.165) is 6.07 Å². The molecule has 0 bridgehead atoms. The molecule has 3 rings (SSSR count). The molecule has 28 heavy (non-hydrogen) atoms. The van der Waals surface area contributed by atoms with Crippen LogP contribution >= 0.6 is 0 Å². The summed E-state index contributed by atoms with van der Waals surface area (Å²) in [5, 5.41) is 10.9. The Labute approximate surface area is 162 Å². The highest BCUT2D eigenvalue weighted by atomic mass is 32.2. The minimum atomic E-state index is -3.87. The van der Waals surface area contributed by atoms with E-state index in [4.69, 9.17) is 4.74 Å². The van der Waals surface area contributed by atoms with E-state index in [0.29, 0.717) is 11.3 Å². The van der Waals surface area contributed by atoms with Gasteiger partial charge in [0.25, 0.3) is 11.6 Å². The van der Waals surface area contributed by atoms with Gasteiger partial charge in [-0.05, 0) is 30.3 Å².